The molecule has 3 heteroatoms. The average Bonchev–Trinajstić information content (AvgIpc) is 2.40. The molecule has 1 aromatic carbocycles. The molecular formula is C15H21NO2. The van der Waals surface area contributed by atoms with Crippen molar-refractivity contribution in [2.45, 2.75) is 51.2 Å². The van der Waals surface area contributed by atoms with Crippen LogP contribution in [0.4, 0.5) is 0 Å². The van der Waals surface area contributed by atoms with E-state index in [-0.39, 0.29) is 12.5 Å². The van der Waals surface area contributed by atoms with Crippen LogP contribution in [0.3, 0.4) is 0 Å². The number of carbonyl (C=O) groups excluding carboxylic acids is 1. The summed E-state index contributed by atoms with van der Waals surface area (Å²) in [7, 11) is 0. The van der Waals surface area contributed by atoms with E-state index in [0.717, 1.165) is 24.0 Å². The Labute approximate surface area is 108 Å². The predicted molar refractivity (Wildman–Crippen MR) is 71.1 cm³/mol. The zero-order valence-corrected chi connectivity index (χ0v) is 10.7. The first-order chi connectivity index (χ1) is 8.79. The van der Waals surface area contributed by atoms with E-state index < -0.39 is 0 Å². The molecule has 2 rings (SSSR count). The molecule has 0 unspecified atom stereocenters. The number of carbonyl (C=O) groups is 1. The van der Waals surface area contributed by atoms with Gasteiger partial charge in [0, 0.05) is 6.04 Å². The maximum atomic E-state index is 12.0. The molecule has 1 aliphatic carbocycles. The number of amides is 1. The summed E-state index contributed by atoms with van der Waals surface area (Å²) in [6.45, 7) is -0.00706. The lowest BCUT2D eigenvalue weighted by molar-refractivity contribution is -0.121. The van der Waals surface area contributed by atoms with Crippen LogP contribution in [0, 0.1) is 0 Å². The third kappa shape index (κ3) is 3.57. The van der Waals surface area contributed by atoms with Gasteiger partial charge in [-0.1, -0.05) is 43.5 Å². The van der Waals surface area contributed by atoms with Crippen LogP contribution in [0.2, 0.25) is 0 Å². The minimum atomic E-state index is -0.00706. The molecule has 1 aromatic rings. The summed E-state index contributed by atoms with van der Waals surface area (Å²) in [5.74, 6) is 0.0720. The van der Waals surface area contributed by atoms with Gasteiger partial charge in [-0.05, 0) is 24.0 Å². The van der Waals surface area contributed by atoms with Gasteiger partial charge in [-0.3, -0.25) is 4.79 Å². The molecule has 0 bridgehead atoms. The zero-order valence-electron chi connectivity index (χ0n) is 10.7. The van der Waals surface area contributed by atoms with Gasteiger partial charge >= 0.3 is 0 Å². The number of benzene rings is 1. The topological polar surface area (TPSA) is 49.3 Å². The molecule has 0 aliphatic heterocycles. The Morgan fingerprint density at radius 3 is 2.50 bits per heavy atom. The van der Waals surface area contributed by atoms with Gasteiger partial charge in [0.25, 0.3) is 0 Å². The highest BCUT2D eigenvalue weighted by Crippen LogP contribution is 2.17. The molecule has 1 fully saturated rings. The summed E-state index contributed by atoms with van der Waals surface area (Å²) < 4.78 is 0. The highest BCUT2D eigenvalue weighted by Gasteiger charge is 2.16. The Kier molecular flexibility index (Phi) is 4.76. The van der Waals surface area contributed by atoms with Crippen molar-refractivity contribution >= 4 is 5.91 Å². The molecule has 1 aliphatic rings. The van der Waals surface area contributed by atoms with E-state index in [1.165, 1.54) is 19.3 Å². The van der Waals surface area contributed by atoms with Crippen molar-refractivity contribution in [2.75, 3.05) is 0 Å². The second-order valence-electron chi connectivity index (χ2n) is 5.01. The lowest BCUT2D eigenvalue weighted by atomic mass is 9.95. The molecule has 0 aromatic heterocycles. The maximum Gasteiger partial charge on any atom is 0.224 e. The van der Waals surface area contributed by atoms with Gasteiger partial charge in [0.2, 0.25) is 5.91 Å². The van der Waals surface area contributed by atoms with E-state index in [1.807, 2.05) is 24.3 Å². The third-order valence-electron chi connectivity index (χ3n) is 3.61. The van der Waals surface area contributed by atoms with E-state index in [2.05, 4.69) is 5.32 Å². The minimum Gasteiger partial charge on any atom is -0.392 e. The number of hydrogen-bond donors (Lipinski definition) is 2. The van der Waals surface area contributed by atoms with Gasteiger partial charge in [0.05, 0.1) is 13.0 Å². The van der Waals surface area contributed by atoms with E-state index in [1.54, 1.807) is 0 Å². The first kappa shape index (κ1) is 13.1. The highest BCUT2D eigenvalue weighted by molar-refractivity contribution is 5.79. The fourth-order valence-electron chi connectivity index (χ4n) is 2.58. The lowest BCUT2D eigenvalue weighted by Gasteiger charge is -2.22. The van der Waals surface area contributed by atoms with E-state index in [4.69, 9.17) is 0 Å². The van der Waals surface area contributed by atoms with Crippen molar-refractivity contribution in [3.63, 3.8) is 0 Å². The van der Waals surface area contributed by atoms with Gasteiger partial charge < -0.3 is 10.4 Å². The van der Waals surface area contributed by atoms with Crippen LogP contribution >= 0.6 is 0 Å². The predicted octanol–water partition coefficient (Wildman–Crippen LogP) is 2.17. The van der Waals surface area contributed by atoms with Crippen molar-refractivity contribution in [1.29, 1.82) is 0 Å². The fraction of sp³-hybridized carbons (Fsp3) is 0.533. The number of aliphatic hydroxyl groups excluding tert-OH is 1. The quantitative estimate of drug-likeness (QED) is 0.856. The summed E-state index contributed by atoms with van der Waals surface area (Å²) in [5, 5.41) is 12.3. The summed E-state index contributed by atoms with van der Waals surface area (Å²) in [6, 6.07) is 7.92. The zero-order chi connectivity index (χ0) is 12.8. The lowest BCUT2D eigenvalue weighted by Crippen LogP contribution is -2.37. The Balaban J connectivity index is 1.90. The Morgan fingerprint density at radius 1 is 1.17 bits per heavy atom. The van der Waals surface area contributed by atoms with Gasteiger partial charge in [-0.2, -0.15) is 0 Å². The van der Waals surface area contributed by atoms with Crippen LogP contribution in [-0.4, -0.2) is 17.1 Å². The van der Waals surface area contributed by atoms with Crippen LogP contribution in [0.15, 0.2) is 24.3 Å². The summed E-state index contributed by atoms with van der Waals surface area (Å²) in [6.07, 6.45) is 6.31. The van der Waals surface area contributed by atoms with Crippen molar-refractivity contribution in [3.05, 3.63) is 35.4 Å². The van der Waals surface area contributed by atoms with Crippen molar-refractivity contribution in [1.82, 2.24) is 5.32 Å². The maximum absolute atomic E-state index is 12.0. The van der Waals surface area contributed by atoms with Crippen molar-refractivity contribution in [3.8, 4) is 0 Å². The standard InChI is InChI=1S/C15H21NO2/c17-11-13-7-5-4-6-12(13)10-15(18)16-14-8-2-1-3-9-14/h4-7,14,17H,1-3,8-11H2,(H,16,18). The van der Waals surface area contributed by atoms with E-state index >= 15 is 0 Å². The molecule has 18 heavy (non-hydrogen) atoms. The fourth-order valence-corrected chi connectivity index (χ4v) is 2.58. The molecule has 1 amide bonds. The third-order valence-corrected chi connectivity index (χ3v) is 3.61. The first-order valence-electron chi connectivity index (χ1n) is 6.76. The normalized spacial score (nSPS) is 16.5. The van der Waals surface area contributed by atoms with Crippen molar-refractivity contribution < 1.29 is 9.90 Å². The van der Waals surface area contributed by atoms with Crippen LogP contribution in [0.25, 0.3) is 0 Å². The molecule has 3 nitrogen and oxygen atoms in total. The SMILES string of the molecule is O=C(Cc1ccccc1CO)NC1CCCCC1. The molecule has 0 radical (unpaired) electrons. The van der Waals surface area contributed by atoms with E-state index in [9.17, 15) is 9.90 Å². The van der Waals surface area contributed by atoms with E-state index in [0.29, 0.717) is 12.5 Å². The largest absolute Gasteiger partial charge is 0.392 e. The number of aliphatic hydroxyl groups is 1. The summed E-state index contributed by atoms with van der Waals surface area (Å²) in [5.41, 5.74) is 1.77. The number of nitrogens with one attached hydrogen (secondary N) is 1. The Morgan fingerprint density at radius 2 is 1.83 bits per heavy atom. The highest BCUT2D eigenvalue weighted by atomic mass is 16.3. The average molecular weight is 247 g/mol. The van der Waals surface area contributed by atoms with Gasteiger partial charge in [-0.25, -0.2) is 0 Å². The smallest absolute Gasteiger partial charge is 0.224 e. The molecule has 0 spiro atoms. The van der Waals surface area contributed by atoms with Gasteiger partial charge in [0.15, 0.2) is 0 Å². The number of hydrogen-bond acceptors (Lipinski definition) is 2. The molecule has 2 N–H and O–H groups in total. The van der Waals surface area contributed by atoms with Crippen LogP contribution < -0.4 is 5.32 Å². The number of rotatable bonds is 4. The van der Waals surface area contributed by atoms with Crippen molar-refractivity contribution in [2.24, 2.45) is 0 Å². The first-order valence-corrected chi connectivity index (χ1v) is 6.76. The van der Waals surface area contributed by atoms with Crippen LogP contribution in [0.5, 0.6) is 0 Å². The molecule has 0 heterocycles. The minimum absolute atomic E-state index is 0.00706. The van der Waals surface area contributed by atoms with Crippen LogP contribution in [-0.2, 0) is 17.8 Å². The molecular weight excluding hydrogens is 226 g/mol. The van der Waals surface area contributed by atoms with Crippen LogP contribution in [0.1, 0.15) is 43.2 Å². The van der Waals surface area contributed by atoms with Gasteiger partial charge in [-0.15, -0.1) is 0 Å². The second-order valence-corrected chi connectivity index (χ2v) is 5.01. The molecule has 98 valence electrons. The summed E-state index contributed by atoms with van der Waals surface area (Å²) >= 11 is 0. The molecule has 0 saturated heterocycles. The Hall–Kier alpha value is -1.35. The second kappa shape index (κ2) is 6.55. The molecule has 1 saturated carbocycles. The Bertz CT molecular complexity index is 397. The summed E-state index contributed by atoms with van der Waals surface area (Å²) in [4.78, 5) is 12.0. The molecule has 0 atom stereocenters. The van der Waals surface area contributed by atoms with Gasteiger partial charge in [0.1, 0.15) is 0 Å². The monoisotopic (exact) mass is 247 g/mol.